The largest absolute Gasteiger partial charge is 0.480 e. The summed E-state index contributed by atoms with van der Waals surface area (Å²) in [5.41, 5.74) is -0.0664. The highest BCUT2D eigenvalue weighted by atomic mass is 19.3. The molecule has 1 fully saturated rings. The molecule has 2 rings (SSSR count). The molecule has 9 heteroatoms. The van der Waals surface area contributed by atoms with Crippen molar-refractivity contribution in [3.05, 3.63) is 29.8 Å². The summed E-state index contributed by atoms with van der Waals surface area (Å²) >= 11 is 0. The molecule has 0 spiro atoms. The molecule has 1 aliphatic heterocycles. The first-order valence-electron chi connectivity index (χ1n) is 9.23. The molecule has 0 saturated carbocycles. The van der Waals surface area contributed by atoms with E-state index in [-0.39, 0.29) is 17.9 Å². The van der Waals surface area contributed by atoms with Crippen molar-refractivity contribution in [1.82, 2.24) is 10.2 Å². The molecule has 2 atom stereocenters. The first kappa shape index (κ1) is 21.6. The third kappa shape index (κ3) is 5.40. The van der Waals surface area contributed by atoms with Gasteiger partial charge in [0.1, 0.15) is 17.8 Å². The van der Waals surface area contributed by atoms with Crippen molar-refractivity contribution in [3.63, 3.8) is 0 Å². The van der Waals surface area contributed by atoms with Crippen LogP contribution in [0.15, 0.2) is 24.3 Å². The van der Waals surface area contributed by atoms with E-state index in [2.05, 4.69) is 10.1 Å². The van der Waals surface area contributed by atoms with Gasteiger partial charge in [-0.05, 0) is 31.4 Å². The zero-order valence-electron chi connectivity index (χ0n) is 15.6. The zero-order chi connectivity index (χ0) is 20.7. The summed E-state index contributed by atoms with van der Waals surface area (Å²) < 4.78 is 29.6. The Balaban J connectivity index is 2.14. The Morgan fingerprint density at radius 2 is 2.04 bits per heavy atom. The van der Waals surface area contributed by atoms with Gasteiger partial charge in [-0.15, -0.1) is 0 Å². The van der Waals surface area contributed by atoms with Crippen molar-refractivity contribution in [2.45, 2.75) is 57.7 Å². The Morgan fingerprint density at radius 1 is 1.32 bits per heavy atom. The number of hydrogen-bond acceptors (Lipinski definition) is 4. The smallest absolute Gasteiger partial charge is 0.387 e. The van der Waals surface area contributed by atoms with Gasteiger partial charge < -0.3 is 20.1 Å². The predicted octanol–water partition coefficient (Wildman–Crippen LogP) is 2.65. The second-order valence-electron chi connectivity index (χ2n) is 6.57. The van der Waals surface area contributed by atoms with Gasteiger partial charge in [0, 0.05) is 6.54 Å². The quantitative estimate of drug-likeness (QED) is 0.667. The number of aliphatic carboxylic acids is 1. The van der Waals surface area contributed by atoms with E-state index in [0.717, 1.165) is 6.42 Å². The summed E-state index contributed by atoms with van der Waals surface area (Å²) in [6.45, 7) is -0.898. The number of benzene rings is 1. The van der Waals surface area contributed by atoms with Crippen LogP contribution in [-0.2, 0) is 9.59 Å². The molecule has 0 aromatic heterocycles. The lowest BCUT2D eigenvalue weighted by atomic mass is 10.1. The SMILES string of the molecule is CCCCC(NC(=O)C1CCCN1C(=O)c1ccccc1OC(F)F)C(=O)O. The minimum Gasteiger partial charge on any atom is -0.480 e. The van der Waals surface area contributed by atoms with Crippen LogP contribution in [-0.4, -0.2) is 53.0 Å². The molecule has 7 nitrogen and oxygen atoms in total. The van der Waals surface area contributed by atoms with Crippen LogP contribution in [0.1, 0.15) is 49.4 Å². The van der Waals surface area contributed by atoms with E-state index in [4.69, 9.17) is 0 Å². The van der Waals surface area contributed by atoms with Crippen LogP contribution < -0.4 is 10.1 Å². The summed E-state index contributed by atoms with van der Waals surface area (Å²) in [7, 11) is 0. The average Bonchev–Trinajstić information content (AvgIpc) is 3.14. The maximum absolute atomic E-state index is 12.9. The molecule has 2 unspecified atom stereocenters. The van der Waals surface area contributed by atoms with Gasteiger partial charge in [0.2, 0.25) is 5.91 Å². The first-order chi connectivity index (χ1) is 13.3. The first-order valence-corrected chi connectivity index (χ1v) is 9.23. The van der Waals surface area contributed by atoms with Crippen LogP contribution in [0.4, 0.5) is 8.78 Å². The second-order valence-corrected chi connectivity index (χ2v) is 6.57. The third-order valence-electron chi connectivity index (χ3n) is 4.61. The summed E-state index contributed by atoms with van der Waals surface area (Å²) in [5.74, 6) is -2.55. The number of nitrogens with one attached hydrogen (secondary N) is 1. The Labute approximate surface area is 161 Å². The fraction of sp³-hybridized carbons (Fsp3) is 0.526. The van der Waals surface area contributed by atoms with Crippen molar-refractivity contribution in [3.8, 4) is 5.75 Å². The number of rotatable bonds is 9. The molecule has 1 saturated heterocycles. The van der Waals surface area contributed by atoms with Crippen LogP contribution in [0, 0.1) is 0 Å². The fourth-order valence-corrected chi connectivity index (χ4v) is 3.21. The number of carbonyl (C=O) groups excluding carboxylic acids is 2. The number of likely N-dealkylation sites (tertiary alicyclic amines) is 1. The molecule has 2 N–H and O–H groups in total. The topological polar surface area (TPSA) is 95.9 Å². The highest BCUT2D eigenvalue weighted by Gasteiger charge is 2.37. The molecule has 0 aliphatic carbocycles. The maximum Gasteiger partial charge on any atom is 0.387 e. The van der Waals surface area contributed by atoms with E-state index in [9.17, 15) is 28.3 Å². The van der Waals surface area contributed by atoms with Crippen molar-refractivity contribution >= 4 is 17.8 Å². The lowest BCUT2D eigenvalue weighted by Crippen LogP contribution is -2.50. The average molecular weight is 398 g/mol. The van der Waals surface area contributed by atoms with Gasteiger partial charge in [0.05, 0.1) is 5.56 Å². The maximum atomic E-state index is 12.9. The van der Waals surface area contributed by atoms with Gasteiger partial charge in [-0.25, -0.2) is 4.79 Å². The minimum atomic E-state index is -3.08. The monoisotopic (exact) mass is 398 g/mol. The Morgan fingerprint density at radius 3 is 2.68 bits per heavy atom. The molecule has 1 aliphatic rings. The fourth-order valence-electron chi connectivity index (χ4n) is 3.21. The number of alkyl halides is 2. The number of carboxylic acids is 1. The molecule has 0 bridgehead atoms. The van der Waals surface area contributed by atoms with Crippen LogP contribution in [0.2, 0.25) is 0 Å². The van der Waals surface area contributed by atoms with Crippen LogP contribution in [0.5, 0.6) is 5.75 Å². The summed E-state index contributed by atoms with van der Waals surface area (Å²) in [6.07, 6.45) is 2.64. The standard InChI is InChI=1S/C19H24F2N2O5/c1-2-3-8-13(18(26)27)22-16(24)14-9-6-11-23(14)17(25)12-7-4-5-10-15(12)28-19(20)21/h4-5,7,10,13-14,19H,2-3,6,8-9,11H2,1H3,(H,22,24)(H,26,27). The Kier molecular flexibility index (Phi) is 7.71. The number of para-hydroxylation sites is 1. The molecule has 2 amide bonds. The lowest BCUT2D eigenvalue weighted by Gasteiger charge is -2.26. The van der Waals surface area contributed by atoms with Crippen molar-refractivity contribution in [2.24, 2.45) is 0 Å². The number of unbranched alkanes of at least 4 members (excludes halogenated alkanes) is 1. The van der Waals surface area contributed by atoms with Gasteiger partial charge in [0.25, 0.3) is 5.91 Å². The summed E-state index contributed by atoms with van der Waals surface area (Å²) in [6, 6.07) is 3.72. The number of ether oxygens (including phenoxy) is 1. The molecule has 0 radical (unpaired) electrons. The zero-order valence-corrected chi connectivity index (χ0v) is 15.6. The number of halogens is 2. The second kappa shape index (κ2) is 10.0. The van der Waals surface area contributed by atoms with Crippen LogP contribution >= 0.6 is 0 Å². The van der Waals surface area contributed by atoms with Gasteiger partial charge >= 0.3 is 12.6 Å². The summed E-state index contributed by atoms with van der Waals surface area (Å²) in [4.78, 5) is 38.1. The van der Waals surface area contributed by atoms with Gasteiger partial charge in [0.15, 0.2) is 0 Å². The minimum absolute atomic E-state index is 0.0664. The van der Waals surface area contributed by atoms with Crippen molar-refractivity contribution in [2.75, 3.05) is 6.54 Å². The number of carbonyl (C=O) groups is 3. The highest BCUT2D eigenvalue weighted by Crippen LogP contribution is 2.26. The molecule has 28 heavy (non-hydrogen) atoms. The number of nitrogens with zero attached hydrogens (tertiary/aromatic N) is 1. The summed E-state index contributed by atoms with van der Waals surface area (Å²) in [5, 5.41) is 11.8. The third-order valence-corrected chi connectivity index (χ3v) is 4.61. The van der Waals surface area contributed by atoms with E-state index < -0.39 is 36.5 Å². The van der Waals surface area contributed by atoms with E-state index in [1.165, 1.54) is 29.2 Å². The van der Waals surface area contributed by atoms with Gasteiger partial charge in [-0.2, -0.15) is 8.78 Å². The van der Waals surface area contributed by atoms with Crippen LogP contribution in [0.25, 0.3) is 0 Å². The predicted molar refractivity (Wildman–Crippen MR) is 96.2 cm³/mol. The molecule has 1 aromatic carbocycles. The highest BCUT2D eigenvalue weighted by molar-refractivity contribution is 6.00. The molecular weight excluding hydrogens is 374 g/mol. The number of hydrogen-bond donors (Lipinski definition) is 2. The molecular formula is C19H24F2N2O5. The van der Waals surface area contributed by atoms with Crippen molar-refractivity contribution < 1.29 is 33.0 Å². The van der Waals surface area contributed by atoms with Gasteiger partial charge in [-0.3, -0.25) is 9.59 Å². The van der Waals surface area contributed by atoms with E-state index in [1.807, 2.05) is 6.92 Å². The molecule has 154 valence electrons. The molecule has 1 heterocycles. The Bertz CT molecular complexity index is 713. The van der Waals surface area contributed by atoms with E-state index in [0.29, 0.717) is 25.7 Å². The van der Waals surface area contributed by atoms with Crippen LogP contribution in [0.3, 0.4) is 0 Å². The van der Waals surface area contributed by atoms with E-state index in [1.54, 1.807) is 0 Å². The van der Waals surface area contributed by atoms with E-state index >= 15 is 0 Å². The Hall–Kier alpha value is -2.71. The number of amides is 2. The normalized spacial score (nSPS) is 17.4. The number of carboxylic acid groups (broad SMARTS) is 1. The lowest BCUT2D eigenvalue weighted by molar-refractivity contribution is -0.142. The van der Waals surface area contributed by atoms with Crippen molar-refractivity contribution in [1.29, 1.82) is 0 Å². The van der Waals surface area contributed by atoms with Gasteiger partial charge in [-0.1, -0.05) is 31.9 Å². The molecule has 1 aromatic rings.